The predicted octanol–water partition coefficient (Wildman–Crippen LogP) is 1.83. The van der Waals surface area contributed by atoms with Crippen molar-refractivity contribution < 1.29 is 14.0 Å². The molecule has 2 saturated heterocycles. The summed E-state index contributed by atoms with van der Waals surface area (Å²) < 4.78 is 12.6. The van der Waals surface area contributed by atoms with Crippen molar-refractivity contribution in [2.24, 2.45) is 11.8 Å². The number of hydrogen-bond donors (Lipinski definition) is 1. The van der Waals surface area contributed by atoms with Crippen LogP contribution >= 0.6 is 0 Å². The molecule has 0 spiro atoms. The van der Waals surface area contributed by atoms with Crippen LogP contribution in [0.15, 0.2) is 24.3 Å². The number of carbonyl (C=O) groups is 2. The van der Waals surface area contributed by atoms with Gasteiger partial charge in [0, 0.05) is 37.8 Å². The molecule has 3 atom stereocenters. The highest BCUT2D eigenvalue weighted by Crippen LogP contribution is 2.41. The molecule has 140 valence electrons. The molecule has 2 saturated carbocycles. The third-order valence-corrected chi connectivity index (χ3v) is 6.07. The van der Waals surface area contributed by atoms with Crippen molar-refractivity contribution in [1.29, 1.82) is 0 Å². The zero-order chi connectivity index (χ0) is 18.3. The molecule has 2 amide bonds. The van der Waals surface area contributed by atoms with Crippen molar-refractivity contribution >= 4 is 11.8 Å². The molecular formula is C20H26FN3O2. The number of hydrogen-bond acceptors (Lipinski definition) is 3. The van der Waals surface area contributed by atoms with E-state index in [2.05, 4.69) is 10.2 Å². The standard InChI is InChI=1S/C20H26FN3O2/c1-23(10-14-2-3-14)18(25)12-24-11-16-8-17(24)19(16)22-20(26)15-6-4-13(9-21)5-7-15/h4-7,14,16-17,19H,2-3,8-12H2,1H3,(H,22,26). The first-order chi connectivity index (χ1) is 12.5. The molecule has 1 aromatic rings. The molecule has 4 aliphatic rings. The van der Waals surface area contributed by atoms with Crippen molar-refractivity contribution in [2.45, 2.75) is 38.0 Å². The second-order valence-corrected chi connectivity index (χ2v) is 8.04. The van der Waals surface area contributed by atoms with Gasteiger partial charge in [-0.15, -0.1) is 0 Å². The Hall–Kier alpha value is -1.95. The van der Waals surface area contributed by atoms with Crippen molar-refractivity contribution in [3.8, 4) is 0 Å². The lowest BCUT2D eigenvalue weighted by atomic mass is 9.80. The van der Waals surface area contributed by atoms with Crippen LogP contribution in [0.25, 0.3) is 0 Å². The Morgan fingerprint density at radius 2 is 2.00 bits per heavy atom. The van der Waals surface area contributed by atoms with E-state index in [9.17, 15) is 14.0 Å². The summed E-state index contributed by atoms with van der Waals surface area (Å²) in [6, 6.07) is 6.99. The maximum atomic E-state index is 12.6. The molecule has 2 bridgehead atoms. The number of likely N-dealkylation sites (N-methyl/N-ethyl adjacent to an activating group) is 1. The Morgan fingerprint density at radius 3 is 2.65 bits per heavy atom. The second-order valence-electron chi connectivity index (χ2n) is 8.04. The first kappa shape index (κ1) is 17.5. The molecule has 0 radical (unpaired) electrons. The second kappa shape index (κ2) is 6.99. The average Bonchev–Trinajstić information content (AvgIpc) is 3.27. The number of nitrogens with zero attached hydrogens (tertiary/aromatic N) is 2. The van der Waals surface area contributed by atoms with Gasteiger partial charge in [-0.2, -0.15) is 0 Å². The first-order valence-corrected chi connectivity index (χ1v) is 9.49. The molecule has 1 N–H and O–H groups in total. The fourth-order valence-electron chi connectivity index (χ4n) is 4.18. The molecule has 26 heavy (non-hydrogen) atoms. The number of alkyl halides is 1. The van der Waals surface area contributed by atoms with E-state index >= 15 is 0 Å². The van der Waals surface area contributed by atoms with Gasteiger partial charge in [-0.25, -0.2) is 4.39 Å². The van der Waals surface area contributed by atoms with E-state index in [-0.39, 0.29) is 23.9 Å². The van der Waals surface area contributed by atoms with Gasteiger partial charge in [0.2, 0.25) is 5.91 Å². The fourth-order valence-corrected chi connectivity index (χ4v) is 4.18. The van der Waals surface area contributed by atoms with E-state index in [1.165, 1.54) is 12.8 Å². The minimum atomic E-state index is -0.521. The lowest BCUT2D eigenvalue weighted by molar-refractivity contribution is -0.131. The summed E-state index contributed by atoms with van der Waals surface area (Å²) in [6.07, 6.45) is 3.53. The van der Waals surface area contributed by atoms with Crippen LogP contribution in [0.2, 0.25) is 0 Å². The van der Waals surface area contributed by atoms with Gasteiger partial charge in [0.05, 0.1) is 6.54 Å². The smallest absolute Gasteiger partial charge is 0.251 e. The molecule has 5 nitrogen and oxygen atoms in total. The van der Waals surface area contributed by atoms with E-state index in [1.807, 2.05) is 11.9 Å². The lowest BCUT2D eigenvalue weighted by Crippen LogP contribution is -2.55. The van der Waals surface area contributed by atoms with E-state index < -0.39 is 6.67 Å². The molecule has 2 aliphatic heterocycles. The molecular weight excluding hydrogens is 333 g/mol. The molecule has 4 fully saturated rings. The SMILES string of the molecule is CN(CC1CC1)C(=O)CN1CC2CC1C2NC(=O)c1ccc(CF)cc1. The van der Waals surface area contributed by atoms with Gasteiger partial charge < -0.3 is 10.2 Å². The molecule has 1 aromatic carbocycles. The Kier molecular flexibility index (Phi) is 4.69. The van der Waals surface area contributed by atoms with Crippen LogP contribution < -0.4 is 5.32 Å². The van der Waals surface area contributed by atoms with Crippen LogP contribution in [0.1, 0.15) is 35.2 Å². The monoisotopic (exact) mass is 359 g/mol. The van der Waals surface area contributed by atoms with Gasteiger partial charge in [-0.1, -0.05) is 12.1 Å². The highest BCUT2D eigenvalue weighted by atomic mass is 19.1. The van der Waals surface area contributed by atoms with Crippen molar-refractivity contribution in [3.63, 3.8) is 0 Å². The molecule has 2 heterocycles. The first-order valence-electron chi connectivity index (χ1n) is 9.49. The van der Waals surface area contributed by atoms with Gasteiger partial charge in [0.1, 0.15) is 6.67 Å². The van der Waals surface area contributed by atoms with Crippen LogP contribution in [0.5, 0.6) is 0 Å². The number of rotatable bonds is 7. The Labute approximate surface area is 153 Å². The summed E-state index contributed by atoms with van der Waals surface area (Å²) in [6.45, 7) is 1.67. The van der Waals surface area contributed by atoms with Crippen LogP contribution in [-0.4, -0.2) is 60.4 Å². The van der Waals surface area contributed by atoms with Crippen molar-refractivity contribution in [3.05, 3.63) is 35.4 Å². The summed E-state index contributed by atoms with van der Waals surface area (Å²) in [4.78, 5) is 28.9. The van der Waals surface area contributed by atoms with E-state index in [0.29, 0.717) is 29.5 Å². The summed E-state index contributed by atoms with van der Waals surface area (Å²) >= 11 is 0. The highest BCUT2D eigenvalue weighted by molar-refractivity contribution is 5.94. The number of carbonyl (C=O) groups excluding carboxylic acids is 2. The normalized spacial score (nSPS) is 27.1. The van der Waals surface area contributed by atoms with Gasteiger partial charge >= 0.3 is 0 Å². The third-order valence-electron chi connectivity index (χ3n) is 6.07. The summed E-state index contributed by atoms with van der Waals surface area (Å²) in [5, 5.41) is 3.11. The van der Waals surface area contributed by atoms with E-state index in [1.54, 1.807) is 24.3 Å². The van der Waals surface area contributed by atoms with Crippen LogP contribution in [-0.2, 0) is 11.5 Å². The zero-order valence-electron chi connectivity index (χ0n) is 15.2. The maximum Gasteiger partial charge on any atom is 0.251 e. The molecule has 6 heteroatoms. The van der Waals surface area contributed by atoms with Crippen LogP contribution in [0.4, 0.5) is 4.39 Å². The molecule has 3 unspecified atom stereocenters. The number of nitrogens with one attached hydrogen (secondary N) is 1. The molecule has 0 aromatic heterocycles. The summed E-state index contributed by atoms with van der Waals surface area (Å²) in [5.74, 6) is 1.19. The summed E-state index contributed by atoms with van der Waals surface area (Å²) in [7, 11) is 1.89. The van der Waals surface area contributed by atoms with E-state index in [4.69, 9.17) is 0 Å². The van der Waals surface area contributed by atoms with E-state index in [0.717, 1.165) is 19.5 Å². The van der Waals surface area contributed by atoms with Crippen LogP contribution in [0, 0.1) is 11.8 Å². The minimum absolute atomic E-state index is 0.116. The van der Waals surface area contributed by atoms with Crippen molar-refractivity contribution in [2.75, 3.05) is 26.7 Å². The quantitative estimate of drug-likeness (QED) is 0.808. The number of fused-ring (bicyclic) bond motifs is 1. The average molecular weight is 359 g/mol. The van der Waals surface area contributed by atoms with Gasteiger partial charge in [0.25, 0.3) is 5.91 Å². The Morgan fingerprint density at radius 1 is 1.27 bits per heavy atom. The van der Waals surface area contributed by atoms with Gasteiger partial charge in [-0.05, 0) is 48.8 Å². The largest absolute Gasteiger partial charge is 0.347 e. The number of amides is 2. The Bertz CT molecular complexity index is 689. The highest BCUT2D eigenvalue weighted by Gasteiger charge is 2.52. The predicted molar refractivity (Wildman–Crippen MR) is 96.3 cm³/mol. The van der Waals surface area contributed by atoms with Crippen molar-refractivity contribution in [1.82, 2.24) is 15.1 Å². The summed E-state index contributed by atoms with van der Waals surface area (Å²) in [5.41, 5.74) is 1.13. The molecule has 2 aliphatic carbocycles. The Balaban J connectivity index is 1.29. The maximum absolute atomic E-state index is 12.6. The van der Waals surface area contributed by atoms with Gasteiger partial charge in [-0.3, -0.25) is 14.5 Å². The van der Waals surface area contributed by atoms with Crippen LogP contribution in [0.3, 0.4) is 0 Å². The lowest BCUT2D eigenvalue weighted by Gasteiger charge is -2.37. The number of halogens is 1. The zero-order valence-corrected chi connectivity index (χ0v) is 15.2. The van der Waals surface area contributed by atoms with Gasteiger partial charge in [0.15, 0.2) is 0 Å². The fraction of sp³-hybridized carbons (Fsp3) is 0.600. The minimum Gasteiger partial charge on any atom is -0.347 e. The number of benzene rings is 1. The third kappa shape index (κ3) is 3.47. The topological polar surface area (TPSA) is 52.7 Å². The molecule has 5 rings (SSSR count).